The lowest BCUT2D eigenvalue weighted by molar-refractivity contribution is 0.0726. The fraction of sp³-hybridized carbons (Fsp3) is 0.409. The monoisotopic (exact) mass is 411 g/mol. The van der Waals surface area contributed by atoms with Crippen LogP contribution in [0.4, 0.5) is 14.6 Å². The van der Waals surface area contributed by atoms with E-state index in [0.717, 1.165) is 44.8 Å². The SMILES string of the molecule is O=C(c1cnn2ccc(N3CCCC3c3cc(F)ccc3F)nc12)N1CCCCC1. The van der Waals surface area contributed by atoms with Crippen LogP contribution in [-0.4, -0.2) is 45.0 Å². The van der Waals surface area contributed by atoms with Crippen LogP contribution in [0.2, 0.25) is 0 Å². The Kier molecular flexibility index (Phi) is 4.84. The molecule has 2 fully saturated rings. The summed E-state index contributed by atoms with van der Waals surface area (Å²) < 4.78 is 29.8. The van der Waals surface area contributed by atoms with E-state index < -0.39 is 11.6 Å². The molecule has 2 saturated heterocycles. The van der Waals surface area contributed by atoms with Crippen LogP contribution in [0, 0.1) is 11.6 Å². The van der Waals surface area contributed by atoms with Gasteiger partial charge in [-0.3, -0.25) is 4.79 Å². The van der Waals surface area contributed by atoms with E-state index in [1.807, 2.05) is 15.9 Å². The molecule has 2 aliphatic heterocycles. The van der Waals surface area contributed by atoms with E-state index in [9.17, 15) is 13.6 Å². The first-order valence-electron chi connectivity index (χ1n) is 10.5. The van der Waals surface area contributed by atoms with Gasteiger partial charge >= 0.3 is 0 Å². The van der Waals surface area contributed by atoms with Crippen molar-refractivity contribution in [3.63, 3.8) is 0 Å². The second kappa shape index (κ2) is 7.66. The van der Waals surface area contributed by atoms with Gasteiger partial charge in [0.2, 0.25) is 0 Å². The van der Waals surface area contributed by atoms with Crippen molar-refractivity contribution >= 4 is 17.4 Å². The molecular weight excluding hydrogens is 388 g/mol. The molecule has 4 heterocycles. The lowest BCUT2D eigenvalue weighted by Gasteiger charge is -2.27. The van der Waals surface area contributed by atoms with Crippen molar-refractivity contribution in [2.45, 2.75) is 38.1 Å². The highest BCUT2D eigenvalue weighted by Gasteiger charge is 2.30. The Morgan fingerprint density at radius 3 is 2.70 bits per heavy atom. The van der Waals surface area contributed by atoms with E-state index in [-0.39, 0.29) is 11.9 Å². The van der Waals surface area contributed by atoms with Gasteiger partial charge in [0.05, 0.1) is 12.2 Å². The normalized spacial score (nSPS) is 19.6. The fourth-order valence-corrected chi connectivity index (χ4v) is 4.57. The highest BCUT2D eigenvalue weighted by molar-refractivity contribution is 5.99. The molecule has 0 bridgehead atoms. The van der Waals surface area contributed by atoms with Crippen LogP contribution >= 0.6 is 0 Å². The molecule has 3 aromatic rings. The van der Waals surface area contributed by atoms with Gasteiger partial charge in [0, 0.05) is 31.4 Å². The molecule has 8 heteroatoms. The Morgan fingerprint density at radius 1 is 1.03 bits per heavy atom. The maximum atomic E-state index is 14.4. The van der Waals surface area contributed by atoms with E-state index in [4.69, 9.17) is 4.98 Å². The van der Waals surface area contributed by atoms with Crippen molar-refractivity contribution in [3.8, 4) is 0 Å². The minimum Gasteiger partial charge on any atom is -0.349 e. The van der Waals surface area contributed by atoms with Crippen LogP contribution in [-0.2, 0) is 0 Å². The third kappa shape index (κ3) is 3.30. The van der Waals surface area contributed by atoms with Gasteiger partial charge in [0.25, 0.3) is 5.91 Å². The average Bonchev–Trinajstić information content (AvgIpc) is 3.42. The van der Waals surface area contributed by atoms with Crippen LogP contribution in [0.3, 0.4) is 0 Å². The van der Waals surface area contributed by atoms with E-state index >= 15 is 0 Å². The number of aromatic nitrogens is 3. The number of hydrogen-bond acceptors (Lipinski definition) is 4. The van der Waals surface area contributed by atoms with E-state index in [0.29, 0.717) is 35.6 Å². The van der Waals surface area contributed by atoms with Crippen molar-refractivity contribution < 1.29 is 13.6 Å². The molecule has 0 saturated carbocycles. The van der Waals surface area contributed by atoms with Crippen molar-refractivity contribution in [1.82, 2.24) is 19.5 Å². The van der Waals surface area contributed by atoms with E-state index in [2.05, 4.69) is 5.10 Å². The summed E-state index contributed by atoms with van der Waals surface area (Å²) in [5, 5.41) is 4.28. The first kappa shape index (κ1) is 19.0. The number of piperidine rings is 1. The summed E-state index contributed by atoms with van der Waals surface area (Å²) in [6, 6.07) is 5.09. The van der Waals surface area contributed by atoms with Crippen molar-refractivity contribution in [3.05, 3.63) is 59.4 Å². The summed E-state index contributed by atoms with van der Waals surface area (Å²) in [6.07, 6.45) is 8.07. The van der Waals surface area contributed by atoms with Crippen molar-refractivity contribution in [2.75, 3.05) is 24.5 Å². The minimum absolute atomic E-state index is 0.0523. The number of carbonyl (C=O) groups excluding carboxylic acids is 1. The fourth-order valence-electron chi connectivity index (χ4n) is 4.57. The standard InChI is InChI=1S/C22H23F2N5O/c23-15-6-7-18(24)16(13-15)19-5-4-11-28(19)20-8-12-29-21(26-20)17(14-25-29)22(30)27-9-2-1-3-10-27/h6-8,12-14,19H,1-5,9-11H2. The summed E-state index contributed by atoms with van der Waals surface area (Å²) in [6.45, 7) is 2.19. The van der Waals surface area contributed by atoms with Crippen LogP contribution in [0.1, 0.15) is 54.1 Å². The first-order chi connectivity index (χ1) is 14.6. The number of rotatable bonds is 3. The molecule has 156 valence electrons. The summed E-state index contributed by atoms with van der Waals surface area (Å²) in [5.74, 6) is -0.281. The highest BCUT2D eigenvalue weighted by Crippen LogP contribution is 2.37. The van der Waals surface area contributed by atoms with Crippen LogP contribution in [0.25, 0.3) is 5.65 Å². The van der Waals surface area contributed by atoms with Gasteiger partial charge in [-0.1, -0.05) is 0 Å². The zero-order valence-corrected chi connectivity index (χ0v) is 16.6. The van der Waals surface area contributed by atoms with Crippen molar-refractivity contribution in [1.29, 1.82) is 0 Å². The summed E-state index contributed by atoms with van der Waals surface area (Å²) in [5.41, 5.74) is 1.31. The van der Waals surface area contributed by atoms with Crippen LogP contribution in [0.5, 0.6) is 0 Å². The number of hydrogen-bond donors (Lipinski definition) is 0. The van der Waals surface area contributed by atoms with Crippen LogP contribution in [0.15, 0.2) is 36.7 Å². The van der Waals surface area contributed by atoms with Crippen LogP contribution < -0.4 is 4.90 Å². The summed E-state index contributed by atoms with van der Waals surface area (Å²) in [7, 11) is 0. The molecule has 5 rings (SSSR count). The Morgan fingerprint density at radius 2 is 1.87 bits per heavy atom. The number of amides is 1. The molecule has 30 heavy (non-hydrogen) atoms. The van der Waals surface area contributed by atoms with Crippen molar-refractivity contribution in [2.24, 2.45) is 0 Å². The average molecular weight is 411 g/mol. The second-order valence-corrected chi connectivity index (χ2v) is 7.98. The van der Waals surface area contributed by atoms with Gasteiger partial charge in [-0.05, 0) is 56.4 Å². The molecule has 0 radical (unpaired) electrons. The molecule has 1 atom stereocenters. The molecule has 0 N–H and O–H groups in total. The Labute approximate surface area is 173 Å². The number of fused-ring (bicyclic) bond motifs is 1. The molecule has 1 amide bonds. The second-order valence-electron chi connectivity index (χ2n) is 7.98. The molecule has 1 aromatic carbocycles. The number of likely N-dealkylation sites (tertiary alicyclic amines) is 1. The third-order valence-corrected chi connectivity index (χ3v) is 6.09. The molecule has 2 aromatic heterocycles. The summed E-state index contributed by atoms with van der Waals surface area (Å²) in [4.78, 5) is 21.6. The number of halogens is 2. The predicted octanol–water partition coefficient (Wildman–Crippen LogP) is 3.98. The van der Waals surface area contributed by atoms with Gasteiger partial charge in [-0.15, -0.1) is 0 Å². The number of nitrogens with zero attached hydrogens (tertiary/aromatic N) is 5. The van der Waals surface area contributed by atoms with Gasteiger partial charge in [-0.25, -0.2) is 18.3 Å². The minimum atomic E-state index is -0.452. The smallest absolute Gasteiger partial charge is 0.259 e. The Balaban J connectivity index is 1.50. The maximum Gasteiger partial charge on any atom is 0.259 e. The number of benzene rings is 1. The quantitative estimate of drug-likeness (QED) is 0.654. The van der Waals surface area contributed by atoms with E-state index in [1.165, 1.54) is 12.1 Å². The molecule has 1 unspecified atom stereocenters. The molecule has 2 aliphatic rings. The van der Waals surface area contributed by atoms with E-state index in [1.54, 1.807) is 16.9 Å². The molecule has 0 aliphatic carbocycles. The maximum absolute atomic E-state index is 14.4. The predicted molar refractivity (Wildman–Crippen MR) is 108 cm³/mol. The Hall–Kier alpha value is -3.03. The number of anilines is 1. The molecule has 0 spiro atoms. The first-order valence-corrected chi connectivity index (χ1v) is 10.5. The molecule has 6 nitrogen and oxygen atoms in total. The van der Waals surface area contributed by atoms with Gasteiger partial charge in [0.1, 0.15) is 23.0 Å². The lowest BCUT2D eigenvalue weighted by Crippen LogP contribution is -2.35. The zero-order chi connectivity index (χ0) is 20.7. The lowest BCUT2D eigenvalue weighted by atomic mass is 10.0. The zero-order valence-electron chi connectivity index (χ0n) is 16.6. The van der Waals surface area contributed by atoms with Gasteiger partial charge < -0.3 is 9.80 Å². The largest absolute Gasteiger partial charge is 0.349 e. The molecular formula is C22H23F2N5O. The summed E-state index contributed by atoms with van der Waals surface area (Å²) >= 11 is 0. The van der Waals surface area contributed by atoms with Gasteiger partial charge in [-0.2, -0.15) is 5.10 Å². The van der Waals surface area contributed by atoms with Gasteiger partial charge in [0.15, 0.2) is 5.65 Å². The Bertz CT molecular complexity index is 1090. The third-order valence-electron chi connectivity index (χ3n) is 6.09. The highest BCUT2D eigenvalue weighted by atomic mass is 19.1. The topological polar surface area (TPSA) is 53.7 Å². The number of carbonyl (C=O) groups is 1.